The molecule has 0 radical (unpaired) electrons. The zero-order valence-corrected chi connectivity index (χ0v) is 14.3. The Hall–Kier alpha value is -2.37. The van der Waals surface area contributed by atoms with Gasteiger partial charge in [0, 0.05) is 24.4 Å². The van der Waals surface area contributed by atoms with Crippen LogP contribution in [0.25, 0.3) is 0 Å². The van der Waals surface area contributed by atoms with Crippen LogP contribution < -0.4 is 5.32 Å². The van der Waals surface area contributed by atoms with Crippen molar-refractivity contribution in [2.45, 2.75) is 26.7 Å². The molecular weight excluding hydrogens is 308 g/mol. The molecule has 0 bridgehead atoms. The first-order valence-corrected chi connectivity index (χ1v) is 8.04. The summed E-state index contributed by atoms with van der Waals surface area (Å²) in [4.78, 5) is 37.3. The summed E-state index contributed by atoms with van der Waals surface area (Å²) in [6, 6.07) is 9.37. The minimum atomic E-state index is -0.905. The summed E-state index contributed by atoms with van der Waals surface area (Å²) in [5.74, 6) is -2.22. The number of carboxylic acids is 1. The van der Waals surface area contributed by atoms with Crippen molar-refractivity contribution in [3.05, 3.63) is 35.9 Å². The maximum absolute atomic E-state index is 12.3. The standard InChI is InChI=1S/C18H24N2O4/c1-18(2,3)17(24)19-9-15(21)20-10-13(14(11-20)16(22)23)12-7-5-4-6-8-12/h4-8,13-14H,9-11H2,1-3H3,(H,19,24)(H,22,23)/t13-,14-/m0/s1. The molecule has 0 saturated carbocycles. The van der Waals surface area contributed by atoms with Gasteiger partial charge in [0.15, 0.2) is 0 Å². The SMILES string of the molecule is CC(C)(C)C(=O)NCC(=O)N1C[C@H](C(=O)O)[C@H](c2ccccc2)C1. The Labute approximate surface area is 141 Å². The molecule has 0 spiro atoms. The molecule has 6 heteroatoms. The van der Waals surface area contributed by atoms with Gasteiger partial charge in [0.2, 0.25) is 11.8 Å². The average Bonchev–Trinajstić information content (AvgIpc) is 2.97. The van der Waals surface area contributed by atoms with Crippen molar-refractivity contribution in [2.24, 2.45) is 11.3 Å². The highest BCUT2D eigenvalue weighted by Crippen LogP contribution is 2.32. The molecule has 6 nitrogen and oxygen atoms in total. The minimum absolute atomic E-state index is 0.107. The molecular formula is C18H24N2O4. The van der Waals surface area contributed by atoms with Crippen molar-refractivity contribution >= 4 is 17.8 Å². The van der Waals surface area contributed by atoms with Crippen LogP contribution in [0.3, 0.4) is 0 Å². The quantitative estimate of drug-likeness (QED) is 0.874. The number of nitrogens with zero attached hydrogens (tertiary/aromatic N) is 1. The Kier molecular flexibility index (Phi) is 5.26. The van der Waals surface area contributed by atoms with E-state index in [0.717, 1.165) is 5.56 Å². The topological polar surface area (TPSA) is 86.7 Å². The predicted molar refractivity (Wildman–Crippen MR) is 89.4 cm³/mol. The van der Waals surface area contributed by atoms with E-state index in [4.69, 9.17) is 0 Å². The number of aliphatic carboxylic acids is 1. The van der Waals surface area contributed by atoms with E-state index in [-0.39, 0.29) is 30.8 Å². The van der Waals surface area contributed by atoms with Gasteiger partial charge in [-0.3, -0.25) is 14.4 Å². The van der Waals surface area contributed by atoms with E-state index in [2.05, 4.69) is 5.32 Å². The number of amides is 2. The Morgan fingerprint density at radius 2 is 1.79 bits per heavy atom. The number of benzene rings is 1. The lowest BCUT2D eigenvalue weighted by atomic mass is 9.89. The van der Waals surface area contributed by atoms with Crippen molar-refractivity contribution in [2.75, 3.05) is 19.6 Å². The maximum Gasteiger partial charge on any atom is 0.308 e. The van der Waals surface area contributed by atoms with Gasteiger partial charge >= 0.3 is 5.97 Å². The average molecular weight is 332 g/mol. The zero-order valence-electron chi connectivity index (χ0n) is 14.3. The van der Waals surface area contributed by atoms with E-state index < -0.39 is 17.3 Å². The fraction of sp³-hybridized carbons (Fsp3) is 0.500. The van der Waals surface area contributed by atoms with E-state index in [9.17, 15) is 19.5 Å². The monoisotopic (exact) mass is 332 g/mol. The first-order chi connectivity index (χ1) is 11.2. The van der Waals surface area contributed by atoms with Gasteiger partial charge in [0.05, 0.1) is 12.5 Å². The molecule has 1 aromatic carbocycles. The number of carbonyl (C=O) groups is 3. The number of rotatable bonds is 4. The van der Waals surface area contributed by atoms with Gasteiger partial charge in [-0.1, -0.05) is 51.1 Å². The summed E-state index contributed by atoms with van der Waals surface area (Å²) in [5.41, 5.74) is 0.348. The molecule has 0 aliphatic carbocycles. The summed E-state index contributed by atoms with van der Waals surface area (Å²) in [6.07, 6.45) is 0. The highest BCUT2D eigenvalue weighted by molar-refractivity contribution is 5.88. The fourth-order valence-corrected chi connectivity index (χ4v) is 2.83. The van der Waals surface area contributed by atoms with Gasteiger partial charge in [-0.15, -0.1) is 0 Å². The van der Waals surface area contributed by atoms with Crippen LogP contribution in [0.1, 0.15) is 32.3 Å². The first-order valence-electron chi connectivity index (χ1n) is 8.04. The van der Waals surface area contributed by atoms with Gasteiger partial charge < -0.3 is 15.3 Å². The molecule has 2 rings (SSSR count). The second kappa shape index (κ2) is 7.03. The van der Waals surface area contributed by atoms with Crippen LogP contribution >= 0.6 is 0 Å². The van der Waals surface area contributed by atoms with E-state index >= 15 is 0 Å². The van der Waals surface area contributed by atoms with Crippen molar-refractivity contribution in [3.8, 4) is 0 Å². The molecule has 1 heterocycles. The molecule has 24 heavy (non-hydrogen) atoms. The summed E-state index contributed by atoms with van der Waals surface area (Å²) in [7, 11) is 0. The normalized spacial score (nSPS) is 20.7. The van der Waals surface area contributed by atoms with Gasteiger partial charge in [-0.05, 0) is 5.56 Å². The second-order valence-electron chi connectivity index (χ2n) is 7.19. The third kappa shape index (κ3) is 4.13. The Morgan fingerprint density at radius 3 is 2.33 bits per heavy atom. The molecule has 1 aliphatic rings. The fourth-order valence-electron chi connectivity index (χ4n) is 2.83. The van der Waals surface area contributed by atoms with Gasteiger partial charge in [0.1, 0.15) is 0 Å². The van der Waals surface area contributed by atoms with Gasteiger partial charge in [0.25, 0.3) is 0 Å². The molecule has 1 fully saturated rings. The molecule has 0 aromatic heterocycles. The summed E-state index contributed by atoms with van der Waals surface area (Å²) >= 11 is 0. The Morgan fingerprint density at radius 1 is 1.17 bits per heavy atom. The molecule has 2 N–H and O–H groups in total. The van der Waals surface area contributed by atoms with Crippen molar-refractivity contribution in [1.29, 1.82) is 0 Å². The number of hydrogen-bond donors (Lipinski definition) is 2. The summed E-state index contributed by atoms with van der Waals surface area (Å²) in [5, 5.41) is 12.1. The first kappa shape index (κ1) is 18.0. The van der Waals surface area contributed by atoms with Gasteiger partial charge in [-0.25, -0.2) is 0 Å². The van der Waals surface area contributed by atoms with E-state index in [0.29, 0.717) is 6.54 Å². The van der Waals surface area contributed by atoms with E-state index in [1.165, 1.54) is 4.90 Å². The predicted octanol–water partition coefficient (Wildman–Crippen LogP) is 1.48. The maximum atomic E-state index is 12.3. The van der Waals surface area contributed by atoms with Crippen LogP contribution in [-0.2, 0) is 14.4 Å². The second-order valence-corrected chi connectivity index (χ2v) is 7.19. The number of carbonyl (C=O) groups excluding carboxylic acids is 2. The number of nitrogens with one attached hydrogen (secondary N) is 1. The van der Waals surface area contributed by atoms with Crippen LogP contribution in [0.15, 0.2) is 30.3 Å². The van der Waals surface area contributed by atoms with E-state index in [1.54, 1.807) is 20.8 Å². The molecule has 130 valence electrons. The van der Waals surface area contributed by atoms with Crippen molar-refractivity contribution in [1.82, 2.24) is 10.2 Å². The Bertz CT molecular complexity index is 622. The summed E-state index contributed by atoms with van der Waals surface area (Å²) < 4.78 is 0. The third-order valence-corrected chi connectivity index (χ3v) is 4.30. The summed E-state index contributed by atoms with van der Waals surface area (Å²) in [6.45, 7) is 5.73. The van der Waals surface area contributed by atoms with E-state index in [1.807, 2.05) is 30.3 Å². The van der Waals surface area contributed by atoms with Crippen molar-refractivity contribution < 1.29 is 19.5 Å². The Balaban J connectivity index is 2.03. The lowest BCUT2D eigenvalue weighted by Crippen LogP contribution is -2.43. The van der Waals surface area contributed by atoms with Crippen LogP contribution in [0.2, 0.25) is 0 Å². The van der Waals surface area contributed by atoms with Crippen LogP contribution in [0.5, 0.6) is 0 Å². The highest BCUT2D eigenvalue weighted by atomic mass is 16.4. The molecule has 1 aromatic rings. The largest absolute Gasteiger partial charge is 0.481 e. The van der Waals surface area contributed by atoms with Crippen LogP contribution in [-0.4, -0.2) is 47.4 Å². The smallest absolute Gasteiger partial charge is 0.308 e. The number of likely N-dealkylation sites (tertiary alicyclic amines) is 1. The number of hydrogen-bond acceptors (Lipinski definition) is 3. The number of carboxylic acid groups (broad SMARTS) is 1. The highest BCUT2D eigenvalue weighted by Gasteiger charge is 2.40. The van der Waals surface area contributed by atoms with Crippen LogP contribution in [0.4, 0.5) is 0 Å². The molecule has 1 saturated heterocycles. The molecule has 1 aliphatic heterocycles. The zero-order chi connectivity index (χ0) is 17.9. The minimum Gasteiger partial charge on any atom is -0.481 e. The lowest BCUT2D eigenvalue weighted by Gasteiger charge is -2.20. The molecule has 2 amide bonds. The van der Waals surface area contributed by atoms with Crippen LogP contribution in [0, 0.1) is 11.3 Å². The van der Waals surface area contributed by atoms with Crippen molar-refractivity contribution in [3.63, 3.8) is 0 Å². The molecule has 0 unspecified atom stereocenters. The van der Waals surface area contributed by atoms with Gasteiger partial charge in [-0.2, -0.15) is 0 Å². The lowest BCUT2D eigenvalue weighted by molar-refractivity contribution is -0.142. The third-order valence-electron chi connectivity index (χ3n) is 4.30. The molecule has 2 atom stereocenters.